The molecular formula is C18H25F3N2O3. The molecule has 0 saturated carbocycles. The molecule has 0 unspecified atom stereocenters. The van der Waals surface area contributed by atoms with Crippen molar-refractivity contribution in [1.82, 2.24) is 5.32 Å². The van der Waals surface area contributed by atoms with Crippen LogP contribution < -0.4 is 10.6 Å². The fourth-order valence-electron chi connectivity index (χ4n) is 2.21. The van der Waals surface area contributed by atoms with Crippen LogP contribution in [0.2, 0.25) is 0 Å². The summed E-state index contributed by atoms with van der Waals surface area (Å²) < 4.78 is 42.8. The minimum absolute atomic E-state index is 0.0185. The maximum absolute atomic E-state index is 12.6. The normalized spacial score (nSPS) is 11.2. The van der Waals surface area contributed by atoms with Crippen molar-refractivity contribution in [3.63, 3.8) is 0 Å². The summed E-state index contributed by atoms with van der Waals surface area (Å²) in [5, 5.41) is 4.99. The van der Waals surface area contributed by atoms with E-state index >= 15 is 0 Å². The van der Waals surface area contributed by atoms with E-state index in [1.807, 2.05) is 0 Å². The lowest BCUT2D eigenvalue weighted by Crippen LogP contribution is -2.30. The number of benzene rings is 1. The van der Waals surface area contributed by atoms with Crippen LogP contribution in [0.1, 0.15) is 44.6 Å². The third-order valence-corrected chi connectivity index (χ3v) is 3.54. The van der Waals surface area contributed by atoms with Gasteiger partial charge in [-0.05, 0) is 24.6 Å². The molecule has 5 nitrogen and oxygen atoms in total. The van der Waals surface area contributed by atoms with Crippen molar-refractivity contribution in [2.24, 2.45) is 0 Å². The number of carbonyl (C=O) groups excluding carboxylic acids is 2. The molecule has 146 valence electrons. The number of rotatable bonds is 11. The van der Waals surface area contributed by atoms with Gasteiger partial charge in [-0.2, -0.15) is 13.2 Å². The summed E-state index contributed by atoms with van der Waals surface area (Å²) in [6.07, 6.45) is 0.932. The van der Waals surface area contributed by atoms with E-state index in [1.165, 1.54) is 18.6 Å². The van der Waals surface area contributed by atoms with E-state index in [2.05, 4.69) is 17.6 Å². The van der Waals surface area contributed by atoms with E-state index in [-0.39, 0.29) is 18.2 Å². The van der Waals surface area contributed by atoms with Gasteiger partial charge in [-0.3, -0.25) is 9.59 Å². The Balaban J connectivity index is 2.21. The number of amides is 2. The molecule has 8 heteroatoms. The minimum Gasteiger partial charge on any atom is -0.362 e. The monoisotopic (exact) mass is 374 g/mol. The minimum atomic E-state index is -4.48. The zero-order valence-electron chi connectivity index (χ0n) is 14.8. The molecule has 1 rings (SSSR count). The summed E-state index contributed by atoms with van der Waals surface area (Å²) in [7, 11) is 0. The highest BCUT2D eigenvalue weighted by atomic mass is 19.4. The Labute approximate surface area is 151 Å². The third-order valence-electron chi connectivity index (χ3n) is 3.54. The van der Waals surface area contributed by atoms with Crippen molar-refractivity contribution in [3.8, 4) is 0 Å². The van der Waals surface area contributed by atoms with Crippen LogP contribution in [0.25, 0.3) is 0 Å². The van der Waals surface area contributed by atoms with Crippen molar-refractivity contribution in [3.05, 3.63) is 29.8 Å². The lowest BCUT2D eigenvalue weighted by molar-refractivity contribution is -0.137. The highest BCUT2D eigenvalue weighted by molar-refractivity contribution is 5.92. The van der Waals surface area contributed by atoms with Gasteiger partial charge in [-0.25, -0.2) is 0 Å². The summed E-state index contributed by atoms with van der Waals surface area (Å²) in [5.74, 6) is -0.955. The Hall–Kier alpha value is -2.09. The number of hydrogen-bond donors (Lipinski definition) is 2. The number of alkyl halides is 3. The molecule has 0 atom stereocenters. The summed E-state index contributed by atoms with van der Waals surface area (Å²) in [4.78, 5) is 23.2. The molecule has 1 aromatic rings. The van der Waals surface area contributed by atoms with E-state index in [9.17, 15) is 22.8 Å². The van der Waals surface area contributed by atoms with Gasteiger partial charge in [0.05, 0.1) is 5.56 Å². The van der Waals surface area contributed by atoms with Gasteiger partial charge in [0.15, 0.2) is 0 Å². The van der Waals surface area contributed by atoms with E-state index in [1.54, 1.807) is 0 Å². The predicted molar refractivity (Wildman–Crippen MR) is 92.7 cm³/mol. The number of halogens is 3. The number of ether oxygens (including phenoxy) is 1. The van der Waals surface area contributed by atoms with Crippen LogP contribution in [-0.2, 0) is 20.5 Å². The van der Waals surface area contributed by atoms with Crippen LogP contribution in [0.4, 0.5) is 18.9 Å². The molecule has 2 N–H and O–H groups in total. The Morgan fingerprint density at radius 1 is 1.04 bits per heavy atom. The smallest absolute Gasteiger partial charge is 0.362 e. The molecule has 0 heterocycles. The Morgan fingerprint density at radius 2 is 1.73 bits per heavy atom. The first-order valence-corrected chi connectivity index (χ1v) is 8.64. The number of unbranched alkanes of at least 4 members (excludes halogenated alkanes) is 4. The highest BCUT2D eigenvalue weighted by Crippen LogP contribution is 2.30. The van der Waals surface area contributed by atoms with E-state index in [0.717, 1.165) is 37.8 Å². The van der Waals surface area contributed by atoms with Gasteiger partial charge < -0.3 is 15.4 Å². The van der Waals surface area contributed by atoms with Gasteiger partial charge in [0, 0.05) is 12.2 Å². The second-order valence-corrected chi connectivity index (χ2v) is 5.88. The largest absolute Gasteiger partial charge is 0.416 e. The van der Waals surface area contributed by atoms with E-state index in [0.29, 0.717) is 6.54 Å². The lowest BCUT2D eigenvalue weighted by Gasteiger charge is -2.10. The van der Waals surface area contributed by atoms with Crippen LogP contribution in [0.3, 0.4) is 0 Å². The zero-order valence-corrected chi connectivity index (χ0v) is 14.8. The summed E-state index contributed by atoms with van der Waals surface area (Å²) >= 11 is 0. The van der Waals surface area contributed by atoms with Crippen LogP contribution in [0, 0.1) is 0 Å². The van der Waals surface area contributed by atoms with Gasteiger partial charge in [0.2, 0.25) is 11.8 Å². The Kier molecular flexibility index (Phi) is 9.72. The summed E-state index contributed by atoms with van der Waals surface area (Å²) in [6, 6.07) is 4.30. The van der Waals surface area contributed by atoms with Gasteiger partial charge in [-0.15, -0.1) is 0 Å². The van der Waals surface area contributed by atoms with Crippen LogP contribution in [0.15, 0.2) is 24.3 Å². The number of nitrogens with one attached hydrogen (secondary N) is 2. The molecule has 0 saturated heterocycles. The topological polar surface area (TPSA) is 67.4 Å². The van der Waals surface area contributed by atoms with Gasteiger partial charge >= 0.3 is 6.18 Å². The molecule has 0 aliphatic rings. The molecule has 1 aromatic carbocycles. The quantitative estimate of drug-likeness (QED) is 0.580. The fourth-order valence-corrected chi connectivity index (χ4v) is 2.21. The number of hydrogen-bond acceptors (Lipinski definition) is 3. The first kappa shape index (κ1) is 22.0. The van der Waals surface area contributed by atoms with Gasteiger partial charge in [-0.1, -0.05) is 38.7 Å². The Bertz CT molecular complexity index is 577. The maximum Gasteiger partial charge on any atom is 0.416 e. The van der Waals surface area contributed by atoms with E-state index < -0.39 is 24.3 Å². The molecule has 0 aliphatic heterocycles. The third kappa shape index (κ3) is 9.41. The first-order chi connectivity index (χ1) is 12.3. The van der Waals surface area contributed by atoms with Crippen LogP contribution >= 0.6 is 0 Å². The summed E-state index contributed by atoms with van der Waals surface area (Å²) in [5.41, 5.74) is -0.834. The lowest BCUT2D eigenvalue weighted by atomic mass is 10.1. The second-order valence-electron chi connectivity index (χ2n) is 5.88. The molecule has 26 heavy (non-hydrogen) atoms. The first-order valence-electron chi connectivity index (χ1n) is 8.64. The van der Waals surface area contributed by atoms with Crippen LogP contribution in [-0.4, -0.2) is 31.6 Å². The van der Waals surface area contributed by atoms with Gasteiger partial charge in [0.25, 0.3) is 0 Å². The molecule has 0 aliphatic carbocycles. The average molecular weight is 374 g/mol. The zero-order chi connectivity index (χ0) is 19.4. The average Bonchev–Trinajstić information content (AvgIpc) is 2.57. The molecular weight excluding hydrogens is 349 g/mol. The second kappa shape index (κ2) is 11.5. The SMILES string of the molecule is CCCCCCCNC(=O)COCC(=O)Nc1cccc(C(F)(F)F)c1. The molecule has 0 bridgehead atoms. The molecule has 0 fully saturated rings. The molecule has 0 aromatic heterocycles. The Morgan fingerprint density at radius 3 is 2.42 bits per heavy atom. The van der Waals surface area contributed by atoms with Crippen molar-refractivity contribution in [1.29, 1.82) is 0 Å². The van der Waals surface area contributed by atoms with Crippen molar-refractivity contribution >= 4 is 17.5 Å². The number of anilines is 1. The van der Waals surface area contributed by atoms with Gasteiger partial charge in [0.1, 0.15) is 13.2 Å². The summed E-state index contributed by atoms with van der Waals surface area (Å²) in [6.45, 7) is 2.00. The van der Waals surface area contributed by atoms with Crippen molar-refractivity contribution in [2.75, 3.05) is 25.1 Å². The number of carbonyl (C=O) groups is 2. The van der Waals surface area contributed by atoms with Crippen LogP contribution in [0.5, 0.6) is 0 Å². The molecule has 0 radical (unpaired) electrons. The predicted octanol–water partition coefficient (Wildman–Crippen LogP) is 3.75. The van der Waals surface area contributed by atoms with E-state index in [4.69, 9.17) is 4.74 Å². The highest BCUT2D eigenvalue weighted by Gasteiger charge is 2.30. The molecule has 2 amide bonds. The standard InChI is InChI=1S/C18H25F3N2O3/c1-2-3-4-5-6-10-22-16(24)12-26-13-17(25)23-15-9-7-8-14(11-15)18(19,20)21/h7-9,11H,2-6,10,12-13H2,1H3,(H,22,24)(H,23,25). The fraction of sp³-hybridized carbons (Fsp3) is 0.556. The maximum atomic E-state index is 12.6. The van der Waals surface area contributed by atoms with Crippen molar-refractivity contribution in [2.45, 2.75) is 45.2 Å². The molecule has 0 spiro atoms. The van der Waals surface area contributed by atoms with Crippen molar-refractivity contribution < 1.29 is 27.5 Å².